The molecule has 1 aliphatic heterocycles. The van der Waals surface area contributed by atoms with Gasteiger partial charge in [0.2, 0.25) is 0 Å². The molecule has 2 heterocycles. The Balaban J connectivity index is 2.10. The molecule has 0 saturated carbocycles. The Morgan fingerprint density at radius 1 is 1.14 bits per heavy atom. The molecule has 0 radical (unpaired) electrons. The van der Waals surface area contributed by atoms with Crippen molar-refractivity contribution in [2.24, 2.45) is 0 Å². The molecule has 2 aromatic rings. The highest BCUT2D eigenvalue weighted by molar-refractivity contribution is 7.92. The summed E-state index contributed by atoms with van der Waals surface area (Å²) < 4.78 is 59.3. The maximum absolute atomic E-state index is 13.8. The SMILES string of the molecule is CN(C)S(=O)(=O)N1CC[C@](CC(=O)OC(C)(C)C)(c2ccc(-c3ccc(Cl)cc3)s2)S(=O)(=O)CC1. The van der Waals surface area contributed by atoms with Gasteiger partial charge in [-0.3, -0.25) is 4.79 Å². The summed E-state index contributed by atoms with van der Waals surface area (Å²) in [5.41, 5.74) is 0.0673. The molecule has 1 fully saturated rings. The van der Waals surface area contributed by atoms with E-state index in [1.807, 2.05) is 18.2 Å². The van der Waals surface area contributed by atoms with Crippen LogP contribution in [0.1, 0.15) is 38.5 Å². The zero-order chi connectivity index (χ0) is 26.2. The average Bonchev–Trinajstić information content (AvgIpc) is 3.17. The normalized spacial score (nSPS) is 21.6. The van der Waals surface area contributed by atoms with Crippen molar-refractivity contribution in [1.82, 2.24) is 8.61 Å². The first-order valence-corrected chi connectivity index (χ1v) is 15.3. The molecule has 1 aliphatic rings. The number of halogens is 1. The minimum Gasteiger partial charge on any atom is -0.460 e. The molecule has 0 unspecified atom stereocenters. The molecule has 1 saturated heterocycles. The van der Waals surface area contributed by atoms with Gasteiger partial charge in [-0.1, -0.05) is 23.7 Å². The van der Waals surface area contributed by atoms with Gasteiger partial charge < -0.3 is 4.74 Å². The summed E-state index contributed by atoms with van der Waals surface area (Å²) in [6, 6.07) is 10.7. The molecule has 35 heavy (non-hydrogen) atoms. The number of benzene rings is 1. The fraction of sp³-hybridized carbons (Fsp3) is 0.522. The van der Waals surface area contributed by atoms with Crippen LogP contribution >= 0.6 is 22.9 Å². The summed E-state index contributed by atoms with van der Waals surface area (Å²) >= 11 is 7.28. The minimum atomic E-state index is -3.96. The topological polar surface area (TPSA) is 101 Å². The van der Waals surface area contributed by atoms with Crippen LogP contribution in [0, 0.1) is 0 Å². The molecule has 0 spiro atoms. The van der Waals surface area contributed by atoms with E-state index in [0.29, 0.717) is 9.90 Å². The molecule has 0 amide bonds. The van der Waals surface area contributed by atoms with Gasteiger partial charge in [0.1, 0.15) is 10.3 Å². The quantitative estimate of drug-likeness (QED) is 0.495. The predicted octanol–water partition coefficient (Wildman–Crippen LogP) is 3.92. The van der Waals surface area contributed by atoms with E-state index in [2.05, 4.69) is 0 Å². The number of sulfone groups is 1. The molecule has 1 atom stereocenters. The summed E-state index contributed by atoms with van der Waals surface area (Å²) in [5, 5.41) is 0.584. The molecule has 0 N–H and O–H groups in total. The number of hydrogen-bond donors (Lipinski definition) is 0. The van der Waals surface area contributed by atoms with Crippen molar-refractivity contribution < 1.29 is 26.4 Å². The zero-order valence-corrected chi connectivity index (χ0v) is 23.7. The number of esters is 1. The summed E-state index contributed by atoms with van der Waals surface area (Å²) in [6.45, 7) is 4.92. The van der Waals surface area contributed by atoms with Crippen molar-refractivity contribution in [1.29, 1.82) is 0 Å². The lowest BCUT2D eigenvalue weighted by Crippen LogP contribution is -2.41. The van der Waals surface area contributed by atoms with Gasteiger partial charge in [-0.2, -0.15) is 17.0 Å². The number of thiophene rings is 1. The molecule has 8 nitrogen and oxygen atoms in total. The van der Waals surface area contributed by atoms with E-state index >= 15 is 0 Å². The number of carbonyl (C=O) groups is 1. The minimum absolute atomic E-state index is 0.0449. The van der Waals surface area contributed by atoms with Crippen molar-refractivity contribution >= 4 is 49.0 Å². The molecule has 1 aromatic heterocycles. The van der Waals surface area contributed by atoms with Gasteiger partial charge in [-0.25, -0.2) is 8.42 Å². The molecular formula is C23H31ClN2O6S3. The first-order chi connectivity index (χ1) is 16.1. The van der Waals surface area contributed by atoms with E-state index in [0.717, 1.165) is 19.1 Å². The lowest BCUT2D eigenvalue weighted by Gasteiger charge is -2.32. The van der Waals surface area contributed by atoms with Crippen molar-refractivity contribution in [2.75, 3.05) is 32.9 Å². The van der Waals surface area contributed by atoms with Crippen LogP contribution in [0.25, 0.3) is 10.4 Å². The summed E-state index contributed by atoms with van der Waals surface area (Å²) in [5.74, 6) is -1.05. The van der Waals surface area contributed by atoms with E-state index in [4.69, 9.17) is 16.3 Å². The summed E-state index contributed by atoms with van der Waals surface area (Å²) in [6.07, 6.45) is -0.467. The highest BCUT2D eigenvalue weighted by atomic mass is 35.5. The number of carbonyl (C=O) groups excluding carboxylic acids is 1. The Labute approximate surface area is 216 Å². The van der Waals surface area contributed by atoms with E-state index < -0.39 is 48.5 Å². The second-order valence-corrected chi connectivity index (χ2v) is 15.8. The van der Waals surface area contributed by atoms with Crippen LogP contribution in [0.4, 0.5) is 0 Å². The van der Waals surface area contributed by atoms with Gasteiger partial charge in [0.05, 0.1) is 12.2 Å². The van der Waals surface area contributed by atoms with Gasteiger partial charge in [0.25, 0.3) is 10.2 Å². The second-order valence-electron chi connectivity index (χ2n) is 9.69. The van der Waals surface area contributed by atoms with E-state index in [1.54, 1.807) is 39.0 Å². The third kappa shape index (κ3) is 6.08. The smallest absolute Gasteiger partial charge is 0.308 e. The van der Waals surface area contributed by atoms with Crippen molar-refractivity contribution in [3.63, 3.8) is 0 Å². The molecule has 0 bridgehead atoms. The van der Waals surface area contributed by atoms with Crippen LogP contribution in [0.2, 0.25) is 5.02 Å². The lowest BCUT2D eigenvalue weighted by atomic mass is 9.97. The van der Waals surface area contributed by atoms with Gasteiger partial charge in [-0.15, -0.1) is 11.3 Å². The molecule has 1 aromatic carbocycles. The van der Waals surface area contributed by atoms with E-state index in [1.165, 1.54) is 25.4 Å². The third-order valence-corrected chi connectivity index (χ3v) is 11.9. The maximum Gasteiger partial charge on any atom is 0.308 e. The predicted molar refractivity (Wildman–Crippen MR) is 139 cm³/mol. The second kappa shape index (κ2) is 10.1. The van der Waals surface area contributed by atoms with Crippen LogP contribution in [0.3, 0.4) is 0 Å². The maximum atomic E-state index is 13.8. The molecular weight excluding hydrogens is 532 g/mol. The van der Waals surface area contributed by atoms with Crippen LogP contribution in [0.5, 0.6) is 0 Å². The highest BCUT2D eigenvalue weighted by Gasteiger charge is 2.51. The molecule has 0 aliphatic carbocycles. The first kappa shape index (κ1) is 28.1. The van der Waals surface area contributed by atoms with Crippen molar-refractivity contribution in [3.05, 3.63) is 46.3 Å². The van der Waals surface area contributed by atoms with Gasteiger partial charge in [-0.05, 0) is 57.0 Å². The average molecular weight is 563 g/mol. The Morgan fingerprint density at radius 3 is 2.34 bits per heavy atom. The fourth-order valence-electron chi connectivity index (χ4n) is 3.98. The Hall–Kier alpha value is -1.50. The Bertz CT molecular complexity index is 1280. The first-order valence-electron chi connectivity index (χ1n) is 11.1. The van der Waals surface area contributed by atoms with Crippen molar-refractivity contribution in [3.8, 4) is 10.4 Å². The van der Waals surface area contributed by atoms with Crippen LogP contribution in [0.15, 0.2) is 36.4 Å². The molecule has 12 heteroatoms. The number of rotatable bonds is 6. The van der Waals surface area contributed by atoms with E-state index in [-0.39, 0.29) is 19.5 Å². The van der Waals surface area contributed by atoms with Gasteiger partial charge >= 0.3 is 5.97 Å². The van der Waals surface area contributed by atoms with Crippen molar-refractivity contribution in [2.45, 2.75) is 44.0 Å². The number of nitrogens with zero attached hydrogens (tertiary/aromatic N) is 2. The third-order valence-electron chi connectivity index (χ3n) is 5.79. The summed E-state index contributed by atoms with van der Waals surface area (Å²) in [4.78, 5) is 14.3. The zero-order valence-electron chi connectivity index (χ0n) is 20.4. The monoisotopic (exact) mass is 562 g/mol. The van der Waals surface area contributed by atoms with Gasteiger partial charge in [0, 0.05) is 42.0 Å². The Kier molecular flexibility index (Phi) is 8.10. The van der Waals surface area contributed by atoms with Crippen LogP contribution in [-0.4, -0.2) is 70.0 Å². The highest BCUT2D eigenvalue weighted by Crippen LogP contribution is 2.46. The largest absolute Gasteiger partial charge is 0.460 e. The van der Waals surface area contributed by atoms with Crippen LogP contribution < -0.4 is 0 Å². The standard InChI is InChI=1S/C23H31ClN2O6S3/c1-22(2,3)32-21(27)16-23(20-11-10-19(33-20)17-6-8-18(24)9-7-17)12-13-26(14-15-34(23,28)29)35(30,31)25(4)5/h6-11H,12-16H2,1-5H3/t23-/m0/s1. The lowest BCUT2D eigenvalue weighted by molar-refractivity contribution is -0.155. The molecule has 3 rings (SSSR count). The molecule has 194 valence electrons. The number of hydrogen-bond acceptors (Lipinski definition) is 7. The Morgan fingerprint density at radius 2 is 1.77 bits per heavy atom. The van der Waals surface area contributed by atoms with Gasteiger partial charge in [0.15, 0.2) is 9.84 Å². The number of ether oxygens (including phenoxy) is 1. The van der Waals surface area contributed by atoms with Crippen LogP contribution in [-0.2, 0) is 34.3 Å². The van der Waals surface area contributed by atoms with E-state index in [9.17, 15) is 21.6 Å². The fourth-order valence-corrected chi connectivity index (χ4v) is 8.92. The summed E-state index contributed by atoms with van der Waals surface area (Å²) in [7, 11) is -4.98.